The Bertz CT molecular complexity index is 641. The summed E-state index contributed by atoms with van der Waals surface area (Å²) in [4.78, 5) is 18.2. The molecule has 0 bridgehead atoms. The molecule has 0 spiro atoms. The predicted octanol–water partition coefficient (Wildman–Crippen LogP) is 0.535. The minimum absolute atomic E-state index is 0.0474. The molecule has 1 amide bonds. The van der Waals surface area contributed by atoms with Gasteiger partial charge in [0.25, 0.3) is 0 Å². The Kier molecular flexibility index (Phi) is 4.87. The monoisotopic (exact) mass is 314 g/mol. The Labute approximate surface area is 135 Å². The summed E-state index contributed by atoms with van der Waals surface area (Å²) in [6.07, 6.45) is 1.71. The number of nitrogen functional groups attached to an aromatic ring is 1. The number of nitrogens with two attached hydrogens (primary N) is 1. The van der Waals surface area contributed by atoms with Gasteiger partial charge in [-0.25, -0.2) is 0 Å². The van der Waals surface area contributed by atoms with Crippen molar-refractivity contribution in [3.63, 3.8) is 0 Å². The molecule has 7 nitrogen and oxygen atoms in total. The van der Waals surface area contributed by atoms with E-state index in [1.54, 1.807) is 0 Å². The molecule has 0 saturated carbocycles. The van der Waals surface area contributed by atoms with Gasteiger partial charge >= 0.3 is 0 Å². The molecule has 1 aromatic heterocycles. The maximum atomic E-state index is 12.0. The second-order valence-electron chi connectivity index (χ2n) is 5.87. The molecule has 1 aliphatic rings. The average Bonchev–Trinajstić information content (AvgIpc) is 3.17. The van der Waals surface area contributed by atoms with Crippen LogP contribution in [0.1, 0.15) is 23.7 Å². The van der Waals surface area contributed by atoms with E-state index in [0.717, 1.165) is 19.5 Å². The minimum atomic E-state index is 0.0474. The number of aromatic nitrogens is 3. The number of rotatable bonds is 6. The number of H-pyrrole nitrogens is 1. The van der Waals surface area contributed by atoms with Crippen molar-refractivity contribution in [2.75, 3.05) is 31.9 Å². The van der Waals surface area contributed by atoms with Crippen LogP contribution >= 0.6 is 0 Å². The number of hydrogen-bond donors (Lipinski definition) is 3. The van der Waals surface area contributed by atoms with Crippen LogP contribution in [0.25, 0.3) is 0 Å². The van der Waals surface area contributed by atoms with Crippen LogP contribution in [0.3, 0.4) is 0 Å². The van der Waals surface area contributed by atoms with E-state index < -0.39 is 0 Å². The highest BCUT2D eigenvalue weighted by Crippen LogP contribution is 2.26. The third kappa shape index (κ3) is 4.29. The number of aromatic amines is 1. The van der Waals surface area contributed by atoms with Gasteiger partial charge in [0.15, 0.2) is 0 Å². The largest absolute Gasteiger partial charge is 0.367 e. The number of likely N-dealkylation sites (tertiary alicyclic amines) is 1. The fourth-order valence-corrected chi connectivity index (χ4v) is 2.97. The highest BCUT2D eigenvalue weighted by molar-refractivity contribution is 5.78. The van der Waals surface area contributed by atoms with E-state index in [1.165, 1.54) is 5.56 Å². The van der Waals surface area contributed by atoms with Crippen molar-refractivity contribution in [3.05, 3.63) is 41.7 Å². The number of hydrogen-bond acceptors (Lipinski definition) is 5. The lowest BCUT2D eigenvalue weighted by Crippen LogP contribution is -2.37. The first-order chi connectivity index (χ1) is 11.2. The van der Waals surface area contributed by atoms with Crippen molar-refractivity contribution in [3.8, 4) is 0 Å². The lowest BCUT2D eigenvalue weighted by atomic mass is 9.99. The molecule has 1 fully saturated rings. The van der Waals surface area contributed by atoms with Gasteiger partial charge in [0.2, 0.25) is 11.9 Å². The molecular weight excluding hydrogens is 292 g/mol. The van der Waals surface area contributed by atoms with Crippen LogP contribution in [0.2, 0.25) is 0 Å². The SMILES string of the molecule is Nc1n[nH]c(CCNC(=O)CN2CC[C@@H](c3ccccc3)C2)n1. The molecule has 1 aromatic carbocycles. The van der Waals surface area contributed by atoms with Crippen molar-refractivity contribution >= 4 is 11.9 Å². The summed E-state index contributed by atoms with van der Waals surface area (Å²) in [5.74, 6) is 1.50. The first kappa shape index (κ1) is 15.5. The van der Waals surface area contributed by atoms with Gasteiger partial charge < -0.3 is 11.1 Å². The van der Waals surface area contributed by atoms with Gasteiger partial charge in [-0.15, -0.1) is 5.10 Å². The molecular formula is C16H22N6O. The standard InChI is InChI=1S/C16H22N6O/c17-16-19-14(20-21-16)6-8-18-15(23)11-22-9-7-13(10-22)12-4-2-1-3-5-12/h1-5,13H,6-11H2,(H,18,23)(H3,17,19,20,21)/t13-/m1/s1. The molecule has 3 rings (SSSR count). The Hall–Kier alpha value is -2.41. The third-order valence-corrected chi connectivity index (χ3v) is 4.14. The van der Waals surface area contributed by atoms with Gasteiger partial charge in [-0.2, -0.15) is 4.98 Å². The van der Waals surface area contributed by atoms with E-state index in [1.807, 2.05) is 6.07 Å². The van der Waals surface area contributed by atoms with Crippen LogP contribution in [0.4, 0.5) is 5.95 Å². The molecule has 122 valence electrons. The van der Waals surface area contributed by atoms with E-state index in [0.29, 0.717) is 31.3 Å². The van der Waals surface area contributed by atoms with Gasteiger partial charge in [0.1, 0.15) is 5.82 Å². The van der Waals surface area contributed by atoms with Gasteiger partial charge in [-0.1, -0.05) is 30.3 Å². The summed E-state index contributed by atoms with van der Waals surface area (Å²) in [6, 6.07) is 10.5. The van der Waals surface area contributed by atoms with Crippen molar-refractivity contribution in [1.29, 1.82) is 0 Å². The summed E-state index contributed by atoms with van der Waals surface area (Å²) in [5.41, 5.74) is 6.79. The highest BCUT2D eigenvalue weighted by atomic mass is 16.2. The first-order valence-corrected chi connectivity index (χ1v) is 7.91. The summed E-state index contributed by atoms with van der Waals surface area (Å²) < 4.78 is 0. The predicted molar refractivity (Wildman–Crippen MR) is 87.7 cm³/mol. The van der Waals surface area contributed by atoms with E-state index in [-0.39, 0.29) is 11.9 Å². The summed E-state index contributed by atoms with van der Waals surface area (Å²) >= 11 is 0. The van der Waals surface area contributed by atoms with Crippen molar-refractivity contribution in [2.24, 2.45) is 0 Å². The normalized spacial score (nSPS) is 18.2. The Morgan fingerprint density at radius 3 is 2.96 bits per heavy atom. The molecule has 2 aromatic rings. The minimum Gasteiger partial charge on any atom is -0.367 e. The molecule has 0 radical (unpaired) electrons. The number of carbonyl (C=O) groups is 1. The van der Waals surface area contributed by atoms with Gasteiger partial charge in [0, 0.05) is 19.5 Å². The highest BCUT2D eigenvalue weighted by Gasteiger charge is 2.24. The summed E-state index contributed by atoms with van der Waals surface area (Å²) in [7, 11) is 0. The number of anilines is 1. The van der Waals surface area contributed by atoms with Crippen LogP contribution in [-0.4, -0.2) is 52.2 Å². The maximum Gasteiger partial charge on any atom is 0.239 e. The molecule has 1 atom stereocenters. The van der Waals surface area contributed by atoms with Crippen LogP contribution in [0.5, 0.6) is 0 Å². The first-order valence-electron chi connectivity index (χ1n) is 7.91. The lowest BCUT2D eigenvalue weighted by Gasteiger charge is -2.15. The van der Waals surface area contributed by atoms with Gasteiger partial charge in [-0.3, -0.25) is 14.8 Å². The Morgan fingerprint density at radius 2 is 2.22 bits per heavy atom. The second kappa shape index (κ2) is 7.23. The quantitative estimate of drug-likeness (QED) is 0.722. The fourth-order valence-electron chi connectivity index (χ4n) is 2.97. The smallest absolute Gasteiger partial charge is 0.239 e. The van der Waals surface area contributed by atoms with Crippen molar-refractivity contribution in [1.82, 2.24) is 25.4 Å². The number of benzene rings is 1. The number of carbonyl (C=O) groups excluding carboxylic acids is 1. The van der Waals surface area contributed by atoms with Crippen LogP contribution < -0.4 is 11.1 Å². The summed E-state index contributed by atoms with van der Waals surface area (Å²) in [6.45, 7) is 2.88. The second-order valence-corrected chi connectivity index (χ2v) is 5.87. The fraction of sp³-hybridized carbons (Fsp3) is 0.438. The molecule has 4 N–H and O–H groups in total. The summed E-state index contributed by atoms with van der Waals surface area (Å²) in [5, 5.41) is 9.40. The van der Waals surface area contributed by atoms with Crippen LogP contribution in [0, 0.1) is 0 Å². The maximum absolute atomic E-state index is 12.0. The zero-order valence-corrected chi connectivity index (χ0v) is 13.0. The third-order valence-electron chi connectivity index (χ3n) is 4.14. The molecule has 0 aliphatic carbocycles. The Balaban J connectivity index is 1.39. The molecule has 2 heterocycles. The van der Waals surface area contributed by atoms with Gasteiger partial charge in [-0.05, 0) is 24.4 Å². The number of nitrogens with one attached hydrogen (secondary N) is 2. The van der Waals surface area contributed by atoms with E-state index in [2.05, 4.69) is 49.7 Å². The molecule has 1 saturated heterocycles. The lowest BCUT2D eigenvalue weighted by molar-refractivity contribution is -0.122. The van der Waals surface area contributed by atoms with Crippen molar-refractivity contribution < 1.29 is 4.79 Å². The van der Waals surface area contributed by atoms with Crippen LogP contribution in [0.15, 0.2) is 30.3 Å². The van der Waals surface area contributed by atoms with Crippen molar-refractivity contribution in [2.45, 2.75) is 18.8 Å². The molecule has 0 unspecified atom stereocenters. The topological polar surface area (TPSA) is 99.9 Å². The number of amides is 1. The zero-order valence-electron chi connectivity index (χ0n) is 13.0. The average molecular weight is 314 g/mol. The molecule has 1 aliphatic heterocycles. The van der Waals surface area contributed by atoms with E-state index in [4.69, 9.17) is 5.73 Å². The van der Waals surface area contributed by atoms with Gasteiger partial charge in [0.05, 0.1) is 6.54 Å². The molecule has 23 heavy (non-hydrogen) atoms. The van der Waals surface area contributed by atoms with Crippen LogP contribution in [-0.2, 0) is 11.2 Å². The number of nitrogens with zero attached hydrogens (tertiary/aromatic N) is 3. The molecule has 7 heteroatoms. The zero-order chi connectivity index (χ0) is 16.1. The Morgan fingerprint density at radius 1 is 1.39 bits per heavy atom. The van der Waals surface area contributed by atoms with E-state index >= 15 is 0 Å². The van der Waals surface area contributed by atoms with E-state index in [9.17, 15) is 4.79 Å².